The minimum absolute atomic E-state index is 0.0594. The standard InChI is InChI=1S/C17H28N2O2/c1-4-10-18-16-9-8-15(13-14(16)2)17(21)19(3)11-6-5-7-12-20/h8-9,13,18,20H,4-7,10-12H2,1-3H3. The number of hydrogen-bond donors (Lipinski definition) is 2. The highest BCUT2D eigenvalue weighted by Gasteiger charge is 2.12. The van der Waals surface area contributed by atoms with Crippen LogP contribution >= 0.6 is 0 Å². The summed E-state index contributed by atoms with van der Waals surface area (Å²) in [5.74, 6) is 0.0594. The summed E-state index contributed by atoms with van der Waals surface area (Å²) >= 11 is 0. The smallest absolute Gasteiger partial charge is 0.253 e. The van der Waals surface area contributed by atoms with Crippen molar-refractivity contribution in [2.75, 3.05) is 32.1 Å². The molecular formula is C17H28N2O2. The Labute approximate surface area is 128 Å². The van der Waals surface area contributed by atoms with Gasteiger partial charge in [-0.3, -0.25) is 4.79 Å². The predicted molar refractivity (Wildman–Crippen MR) is 87.9 cm³/mol. The summed E-state index contributed by atoms with van der Waals surface area (Å²) in [6.07, 6.45) is 3.76. The molecule has 0 heterocycles. The first-order chi connectivity index (χ1) is 10.1. The number of rotatable bonds is 9. The molecular weight excluding hydrogens is 264 g/mol. The fourth-order valence-corrected chi connectivity index (χ4v) is 2.21. The molecule has 0 aliphatic rings. The second-order valence-electron chi connectivity index (χ2n) is 5.47. The summed E-state index contributed by atoms with van der Waals surface area (Å²) in [6, 6.07) is 5.82. The van der Waals surface area contributed by atoms with E-state index in [0.29, 0.717) is 0 Å². The molecule has 2 N–H and O–H groups in total. The lowest BCUT2D eigenvalue weighted by atomic mass is 10.1. The van der Waals surface area contributed by atoms with Crippen LogP contribution in [0, 0.1) is 6.92 Å². The molecule has 0 saturated carbocycles. The van der Waals surface area contributed by atoms with Gasteiger partial charge in [0.2, 0.25) is 0 Å². The lowest BCUT2D eigenvalue weighted by Gasteiger charge is -2.18. The van der Waals surface area contributed by atoms with E-state index in [1.165, 1.54) is 0 Å². The van der Waals surface area contributed by atoms with Crippen LogP contribution < -0.4 is 5.32 Å². The molecule has 0 atom stereocenters. The van der Waals surface area contributed by atoms with Crippen LogP contribution in [0.4, 0.5) is 5.69 Å². The van der Waals surface area contributed by atoms with Gasteiger partial charge in [-0.25, -0.2) is 0 Å². The number of anilines is 1. The van der Waals surface area contributed by atoms with Crippen LogP contribution in [0.3, 0.4) is 0 Å². The number of nitrogens with one attached hydrogen (secondary N) is 1. The molecule has 1 aromatic carbocycles. The number of aliphatic hydroxyl groups is 1. The van der Waals surface area contributed by atoms with E-state index in [-0.39, 0.29) is 12.5 Å². The number of amides is 1. The number of aliphatic hydroxyl groups excluding tert-OH is 1. The van der Waals surface area contributed by atoms with E-state index in [9.17, 15) is 4.79 Å². The van der Waals surface area contributed by atoms with Gasteiger partial charge in [0.15, 0.2) is 0 Å². The Hall–Kier alpha value is -1.55. The first-order valence-corrected chi connectivity index (χ1v) is 7.81. The maximum Gasteiger partial charge on any atom is 0.253 e. The Morgan fingerprint density at radius 3 is 2.67 bits per heavy atom. The van der Waals surface area contributed by atoms with E-state index in [1.807, 2.05) is 32.2 Å². The molecule has 0 aliphatic carbocycles. The van der Waals surface area contributed by atoms with E-state index in [0.717, 1.165) is 55.6 Å². The number of benzene rings is 1. The highest BCUT2D eigenvalue weighted by Crippen LogP contribution is 2.17. The Morgan fingerprint density at radius 2 is 2.05 bits per heavy atom. The topological polar surface area (TPSA) is 52.6 Å². The second kappa shape index (κ2) is 9.40. The Morgan fingerprint density at radius 1 is 1.29 bits per heavy atom. The summed E-state index contributed by atoms with van der Waals surface area (Å²) in [4.78, 5) is 14.1. The largest absolute Gasteiger partial charge is 0.396 e. The van der Waals surface area contributed by atoms with Crippen molar-refractivity contribution in [3.05, 3.63) is 29.3 Å². The van der Waals surface area contributed by atoms with Crippen molar-refractivity contribution < 1.29 is 9.90 Å². The number of nitrogens with zero attached hydrogens (tertiary/aromatic N) is 1. The van der Waals surface area contributed by atoms with Gasteiger partial charge in [0.25, 0.3) is 5.91 Å². The van der Waals surface area contributed by atoms with Crippen molar-refractivity contribution in [1.29, 1.82) is 0 Å². The molecule has 4 nitrogen and oxygen atoms in total. The van der Waals surface area contributed by atoms with Gasteiger partial charge in [-0.1, -0.05) is 6.92 Å². The lowest BCUT2D eigenvalue weighted by Crippen LogP contribution is -2.27. The van der Waals surface area contributed by atoms with Crippen LogP contribution in [0.2, 0.25) is 0 Å². The lowest BCUT2D eigenvalue weighted by molar-refractivity contribution is 0.0792. The third kappa shape index (κ3) is 5.76. The normalized spacial score (nSPS) is 10.5. The van der Waals surface area contributed by atoms with Crippen molar-refractivity contribution in [1.82, 2.24) is 4.90 Å². The van der Waals surface area contributed by atoms with Gasteiger partial charge in [0.1, 0.15) is 0 Å². The van der Waals surface area contributed by atoms with Crippen molar-refractivity contribution >= 4 is 11.6 Å². The van der Waals surface area contributed by atoms with Crippen molar-refractivity contribution in [2.45, 2.75) is 39.5 Å². The summed E-state index contributed by atoms with van der Waals surface area (Å²) < 4.78 is 0. The van der Waals surface area contributed by atoms with Crippen LogP contribution in [-0.2, 0) is 0 Å². The summed E-state index contributed by atoms with van der Waals surface area (Å²) in [7, 11) is 1.83. The number of carbonyl (C=O) groups is 1. The highest BCUT2D eigenvalue weighted by molar-refractivity contribution is 5.94. The molecule has 118 valence electrons. The van der Waals surface area contributed by atoms with E-state index < -0.39 is 0 Å². The van der Waals surface area contributed by atoms with Gasteiger partial charge in [0.05, 0.1) is 0 Å². The third-order valence-electron chi connectivity index (χ3n) is 3.54. The molecule has 4 heteroatoms. The van der Waals surface area contributed by atoms with Crippen molar-refractivity contribution in [2.24, 2.45) is 0 Å². The molecule has 0 fully saturated rings. The Bertz CT molecular complexity index is 446. The minimum atomic E-state index is 0.0594. The molecule has 0 spiro atoms. The van der Waals surface area contributed by atoms with Crippen LogP contribution in [-0.4, -0.2) is 42.7 Å². The monoisotopic (exact) mass is 292 g/mol. The first kappa shape index (κ1) is 17.5. The van der Waals surface area contributed by atoms with Crippen LogP contribution in [0.5, 0.6) is 0 Å². The molecule has 0 aromatic heterocycles. The summed E-state index contributed by atoms with van der Waals surface area (Å²) in [5.41, 5.74) is 2.93. The van der Waals surface area contributed by atoms with Crippen molar-refractivity contribution in [3.63, 3.8) is 0 Å². The van der Waals surface area contributed by atoms with Gasteiger partial charge in [-0.05, 0) is 56.4 Å². The molecule has 1 aromatic rings. The molecule has 0 saturated heterocycles. The molecule has 0 radical (unpaired) electrons. The average Bonchev–Trinajstić information content (AvgIpc) is 2.49. The minimum Gasteiger partial charge on any atom is -0.396 e. The van der Waals surface area contributed by atoms with Crippen molar-refractivity contribution in [3.8, 4) is 0 Å². The van der Waals surface area contributed by atoms with E-state index in [4.69, 9.17) is 5.11 Å². The van der Waals surface area contributed by atoms with Gasteiger partial charge >= 0.3 is 0 Å². The fraction of sp³-hybridized carbons (Fsp3) is 0.588. The molecule has 21 heavy (non-hydrogen) atoms. The van der Waals surface area contributed by atoms with Gasteiger partial charge in [-0.15, -0.1) is 0 Å². The molecule has 0 bridgehead atoms. The quantitative estimate of drug-likeness (QED) is 0.688. The van der Waals surface area contributed by atoms with Crippen LogP contribution in [0.1, 0.15) is 48.5 Å². The van der Waals surface area contributed by atoms with E-state index in [1.54, 1.807) is 4.90 Å². The number of hydrogen-bond acceptors (Lipinski definition) is 3. The Kier molecular flexibility index (Phi) is 7.83. The van der Waals surface area contributed by atoms with E-state index in [2.05, 4.69) is 12.2 Å². The SMILES string of the molecule is CCCNc1ccc(C(=O)N(C)CCCCCO)cc1C. The maximum absolute atomic E-state index is 12.3. The van der Waals surface area contributed by atoms with Gasteiger partial charge in [0, 0.05) is 38.0 Å². The summed E-state index contributed by atoms with van der Waals surface area (Å²) in [5, 5.41) is 12.1. The van der Waals surface area contributed by atoms with Gasteiger partial charge in [-0.2, -0.15) is 0 Å². The predicted octanol–water partition coefficient (Wildman–Crippen LogP) is 3.05. The zero-order chi connectivity index (χ0) is 15.7. The zero-order valence-corrected chi connectivity index (χ0v) is 13.5. The first-order valence-electron chi connectivity index (χ1n) is 7.81. The maximum atomic E-state index is 12.3. The van der Waals surface area contributed by atoms with Crippen LogP contribution in [0.25, 0.3) is 0 Å². The zero-order valence-electron chi connectivity index (χ0n) is 13.5. The highest BCUT2D eigenvalue weighted by atomic mass is 16.2. The third-order valence-corrected chi connectivity index (χ3v) is 3.54. The second-order valence-corrected chi connectivity index (χ2v) is 5.47. The number of unbranched alkanes of at least 4 members (excludes halogenated alkanes) is 2. The number of aryl methyl sites for hydroxylation is 1. The molecule has 1 rings (SSSR count). The van der Waals surface area contributed by atoms with Gasteiger partial charge < -0.3 is 15.3 Å². The summed E-state index contributed by atoms with van der Waals surface area (Å²) in [6.45, 7) is 6.05. The molecule has 0 aliphatic heterocycles. The number of carbonyl (C=O) groups excluding carboxylic acids is 1. The van der Waals surface area contributed by atoms with Crippen LogP contribution in [0.15, 0.2) is 18.2 Å². The molecule has 0 unspecified atom stereocenters. The fourth-order valence-electron chi connectivity index (χ4n) is 2.21. The average molecular weight is 292 g/mol. The van der Waals surface area contributed by atoms with E-state index >= 15 is 0 Å². The molecule has 1 amide bonds. The Balaban J connectivity index is 2.59.